The highest BCUT2D eigenvalue weighted by atomic mass is 32.2. The summed E-state index contributed by atoms with van der Waals surface area (Å²) in [6.45, 7) is 0.517. The van der Waals surface area contributed by atoms with Crippen LogP contribution in [-0.4, -0.2) is 18.5 Å². The smallest absolute Gasteiger partial charge is 0.319 e. The molecular weight excluding hydrogens is 300 g/mol. The van der Waals surface area contributed by atoms with Crippen LogP contribution < -0.4 is 10.6 Å². The van der Waals surface area contributed by atoms with Gasteiger partial charge in [-0.2, -0.15) is 0 Å². The summed E-state index contributed by atoms with van der Waals surface area (Å²) in [7, 11) is 0. The van der Waals surface area contributed by atoms with Gasteiger partial charge in [-0.05, 0) is 48.4 Å². The number of benzene rings is 2. The molecule has 2 rings (SSSR count). The van der Waals surface area contributed by atoms with E-state index in [-0.39, 0.29) is 6.03 Å². The van der Waals surface area contributed by atoms with Crippen molar-refractivity contribution in [1.82, 2.24) is 5.32 Å². The maximum absolute atomic E-state index is 11.9. The van der Waals surface area contributed by atoms with E-state index < -0.39 is 0 Å². The number of carbonyl (C=O) groups is 1. The van der Waals surface area contributed by atoms with Gasteiger partial charge in [-0.25, -0.2) is 4.79 Å². The molecule has 0 aliphatic carbocycles. The summed E-state index contributed by atoms with van der Waals surface area (Å²) in [5.74, 6) is 0. The Morgan fingerprint density at radius 2 is 1.71 bits per heavy atom. The van der Waals surface area contributed by atoms with Gasteiger partial charge in [0.2, 0.25) is 0 Å². The van der Waals surface area contributed by atoms with Crippen molar-refractivity contribution in [1.29, 1.82) is 0 Å². The Morgan fingerprint density at radius 3 is 2.38 bits per heavy atom. The van der Waals surface area contributed by atoms with Crippen molar-refractivity contribution >= 4 is 35.2 Å². The molecule has 110 valence electrons. The van der Waals surface area contributed by atoms with Crippen molar-refractivity contribution in [2.75, 3.05) is 17.8 Å². The first-order chi connectivity index (χ1) is 10.2. The minimum absolute atomic E-state index is 0.192. The number of carbonyl (C=O) groups excluding carboxylic acids is 1. The summed E-state index contributed by atoms with van der Waals surface area (Å²) < 4.78 is 0. The molecule has 0 radical (unpaired) electrons. The van der Waals surface area contributed by atoms with E-state index in [2.05, 4.69) is 22.8 Å². The largest absolute Gasteiger partial charge is 0.334 e. The number of rotatable bonds is 5. The van der Waals surface area contributed by atoms with Crippen molar-refractivity contribution < 1.29 is 4.79 Å². The van der Waals surface area contributed by atoms with Crippen LogP contribution in [-0.2, 0) is 6.54 Å². The summed E-state index contributed by atoms with van der Waals surface area (Å²) in [6.07, 6.45) is 4.06. The van der Waals surface area contributed by atoms with Crippen LogP contribution >= 0.6 is 23.5 Å². The Bertz CT molecular complexity index is 599. The number of urea groups is 1. The van der Waals surface area contributed by atoms with Gasteiger partial charge in [0, 0.05) is 22.0 Å². The van der Waals surface area contributed by atoms with Crippen LogP contribution in [0, 0.1) is 0 Å². The predicted octanol–water partition coefficient (Wildman–Crippen LogP) is 4.45. The van der Waals surface area contributed by atoms with Gasteiger partial charge in [-0.1, -0.05) is 18.2 Å². The van der Waals surface area contributed by atoms with Crippen LogP contribution in [0.15, 0.2) is 58.3 Å². The summed E-state index contributed by atoms with van der Waals surface area (Å²) >= 11 is 3.36. The maximum atomic E-state index is 11.9. The summed E-state index contributed by atoms with van der Waals surface area (Å²) in [5, 5.41) is 5.70. The number of nitrogens with one attached hydrogen (secondary N) is 2. The van der Waals surface area contributed by atoms with Crippen molar-refractivity contribution in [2.45, 2.75) is 16.3 Å². The Labute approximate surface area is 133 Å². The van der Waals surface area contributed by atoms with Crippen LogP contribution in [0.4, 0.5) is 10.5 Å². The lowest BCUT2D eigenvalue weighted by Crippen LogP contribution is -2.28. The third-order valence-corrected chi connectivity index (χ3v) is 4.41. The number of hydrogen-bond acceptors (Lipinski definition) is 3. The van der Waals surface area contributed by atoms with Gasteiger partial charge < -0.3 is 10.6 Å². The molecule has 2 amide bonds. The molecular formula is C16H18N2OS2. The van der Waals surface area contributed by atoms with E-state index in [1.165, 1.54) is 4.90 Å². The lowest BCUT2D eigenvalue weighted by molar-refractivity contribution is 0.251. The van der Waals surface area contributed by atoms with Gasteiger partial charge in [-0.15, -0.1) is 23.5 Å². The zero-order chi connectivity index (χ0) is 15.1. The molecule has 0 bridgehead atoms. The van der Waals surface area contributed by atoms with E-state index in [0.29, 0.717) is 6.54 Å². The molecule has 0 aromatic heterocycles. The highest BCUT2D eigenvalue weighted by molar-refractivity contribution is 7.98. The molecule has 0 saturated heterocycles. The fourth-order valence-corrected chi connectivity index (χ4v) is 2.67. The predicted molar refractivity (Wildman–Crippen MR) is 92.3 cm³/mol. The molecule has 0 unspecified atom stereocenters. The van der Waals surface area contributed by atoms with Gasteiger partial charge in [0.1, 0.15) is 0 Å². The maximum Gasteiger partial charge on any atom is 0.319 e. The van der Waals surface area contributed by atoms with E-state index >= 15 is 0 Å². The van der Waals surface area contributed by atoms with Crippen molar-refractivity contribution in [3.63, 3.8) is 0 Å². The van der Waals surface area contributed by atoms with Gasteiger partial charge in [0.25, 0.3) is 0 Å². The molecule has 0 atom stereocenters. The van der Waals surface area contributed by atoms with Gasteiger partial charge in [0.05, 0.1) is 0 Å². The molecule has 2 N–H and O–H groups in total. The highest BCUT2D eigenvalue weighted by Gasteiger charge is 2.02. The Balaban J connectivity index is 1.86. The van der Waals surface area contributed by atoms with Gasteiger partial charge in [0.15, 0.2) is 0 Å². The molecule has 2 aromatic rings. The van der Waals surface area contributed by atoms with E-state index in [0.717, 1.165) is 16.1 Å². The minimum Gasteiger partial charge on any atom is -0.334 e. The zero-order valence-electron chi connectivity index (χ0n) is 12.1. The fourth-order valence-electron chi connectivity index (χ4n) is 1.80. The number of amides is 2. The molecule has 0 fully saturated rings. The third-order valence-electron chi connectivity index (χ3n) is 2.94. The first-order valence-corrected chi connectivity index (χ1v) is 8.98. The average molecular weight is 318 g/mol. The Kier molecular flexibility index (Phi) is 6.02. The fraction of sp³-hybridized carbons (Fsp3) is 0.188. The number of thioether (sulfide) groups is 2. The molecule has 21 heavy (non-hydrogen) atoms. The van der Waals surface area contributed by atoms with E-state index in [4.69, 9.17) is 0 Å². The molecule has 5 heteroatoms. The normalized spacial score (nSPS) is 10.2. The van der Waals surface area contributed by atoms with Gasteiger partial charge in [-0.3, -0.25) is 0 Å². The lowest BCUT2D eigenvalue weighted by atomic mass is 10.2. The molecule has 0 aliphatic rings. The molecule has 0 aliphatic heterocycles. The lowest BCUT2D eigenvalue weighted by Gasteiger charge is -2.09. The van der Waals surface area contributed by atoms with E-state index in [1.54, 1.807) is 23.5 Å². The van der Waals surface area contributed by atoms with E-state index in [1.807, 2.05) is 48.9 Å². The zero-order valence-corrected chi connectivity index (χ0v) is 13.7. The van der Waals surface area contributed by atoms with Gasteiger partial charge >= 0.3 is 6.03 Å². The third kappa shape index (κ3) is 5.02. The Morgan fingerprint density at radius 1 is 1.00 bits per heavy atom. The van der Waals surface area contributed by atoms with Crippen molar-refractivity contribution in [2.24, 2.45) is 0 Å². The number of anilines is 1. The summed E-state index contributed by atoms with van der Waals surface area (Å²) in [5.41, 5.74) is 1.89. The topological polar surface area (TPSA) is 41.1 Å². The highest BCUT2D eigenvalue weighted by Crippen LogP contribution is 2.19. The number of hydrogen-bond donors (Lipinski definition) is 2. The second-order valence-electron chi connectivity index (χ2n) is 4.39. The van der Waals surface area contributed by atoms with Crippen molar-refractivity contribution in [3.05, 3.63) is 54.1 Å². The first kappa shape index (κ1) is 15.8. The van der Waals surface area contributed by atoms with Crippen LogP contribution in [0.3, 0.4) is 0 Å². The van der Waals surface area contributed by atoms with Crippen LogP contribution in [0.25, 0.3) is 0 Å². The molecule has 2 aromatic carbocycles. The first-order valence-electron chi connectivity index (χ1n) is 6.53. The van der Waals surface area contributed by atoms with Crippen LogP contribution in [0.2, 0.25) is 0 Å². The quantitative estimate of drug-likeness (QED) is 0.800. The average Bonchev–Trinajstić information content (AvgIpc) is 2.53. The molecule has 3 nitrogen and oxygen atoms in total. The van der Waals surface area contributed by atoms with E-state index in [9.17, 15) is 4.79 Å². The standard InChI is InChI=1S/C16H18N2OS2/c1-20-14-8-6-12(7-9-14)11-17-16(19)18-13-4-3-5-15(10-13)21-2/h3-10H,11H2,1-2H3,(H2,17,18,19). The summed E-state index contributed by atoms with van der Waals surface area (Å²) in [6, 6.07) is 15.8. The van der Waals surface area contributed by atoms with Crippen molar-refractivity contribution in [3.8, 4) is 0 Å². The Hall–Kier alpha value is -1.59. The second-order valence-corrected chi connectivity index (χ2v) is 6.15. The molecule has 0 saturated carbocycles. The SMILES string of the molecule is CSc1ccc(CNC(=O)Nc2cccc(SC)c2)cc1. The summed E-state index contributed by atoms with van der Waals surface area (Å²) in [4.78, 5) is 14.2. The second kappa shape index (κ2) is 8.00. The minimum atomic E-state index is -0.192. The molecule has 0 heterocycles. The van der Waals surface area contributed by atoms with Crippen LogP contribution in [0.5, 0.6) is 0 Å². The molecule has 0 spiro atoms. The van der Waals surface area contributed by atoms with Crippen LogP contribution in [0.1, 0.15) is 5.56 Å². The monoisotopic (exact) mass is 318 g/mol.